The van der Waals surface area contributed by atoms with Gasteiger partial charge in [0.2, 0.25) is 11.8 Å². The highest BCUT2D eigenvalue weighted by atomic mass is 79.9. The van der Waals surface area contributed by atoms with Crippen LogP contribution in [0.5, 0.6) is 0 Å². The number of carbonyl (C=O) groups is 3. The Hall–Kier alpha value is -2.00. The van der Waals surface area contributed by atoms with Crippen molar-refractivity contribution in [2.75, 3.05) is 25.0 Å². The maximum absolute atomic E-state index is 12.2. The number of halogens is 1. The highest BCUT2D eigenvalue weighted by Gasteiger charge is 2.26. The number of hydrogen-bond acceptors (Lipinski definition) is 5. The van der Waals surface area contributed by atoms with Crippen molar-refractivity contribution in [2.24, 2.45) is 11.7 Å². The van der Waals surface area contributed by atoms with Crippen LogP contribution < -0.4 is 16.4 Å². The van der Waals surface area contributed by atoms with Crippen molar-refractivity contribution in [3.8, 4) is 0 Å². The van der Waals surface area contributed by atoms with Crippen LogP contribution in [0.15, 0.2) is 22.8 Å². The highest BCUT2D eigenvalue weighted by Crippen LogP contribution is 2.19. The van der Waals surface area contributed by atoms with Gasteiger partial charge in [-0.3, -0.25) is 19.8 Å². The molecule has 23 heavy (non-hydrogen) atoms. The molecule has 0 saturated carbocycles. The van der Waals surface area contributed by atoms with E-state index in [-0.39, 0.29) is 18.4 Å². The number of aromatic nitrogens is 1. The number of piperidine rings is 1. The monoisotopic (exact) mass is 383 g/mol. The van der Waals surface area contributed by atoms with E-state index in [4.69, 9.17) is 5.73 Å². The second-order valence-electron chi connectivity index (χ2n) is 5.31. The molecule has 9 heteroatoms. The molecule has 4 N–H and O–H groups in total. The van der Waals surface area contributed by atoms with Gasteiger partial charge >= 0.3 is 6.03 Å². The predicted molar refractivity (Wildman–Crippen MR) is 87.5 cm³/mol. The lowest BCUT2D eigenvalue weighted by molar-refractivity contribution is -0.122. The molecule has 2 rings (SSSR count). The SMILES string of the molecule is NC(=O)NC(=O)CN1CCC(C(=O)Nc2ccc(Br)cn2)CC1. The molecule has 2 heterocycles. The number of primary amides is 1. The number of nitrogens with two attached hydrogens (primary N) is 1. The van der Waals surface area contributed by atoms with Crippen molar-refractivity contribution < 1.29 is 14.4 Å². The summed E-state index contributed by atoms with van der Waals surface area (Å²) in [4.78, 5) is 40.3. The van der Waals surface area contributed by atoms with E-state index >= 15 is 0 Å². The number of anilines is 1. The first-order valence-electron chi connectivity index (χ1n) is 7.18. The van der Waals surface area contributed by atoms with Gasteiger partial charge in [-0.05, 0) is 54.0 Å². The van der Waals surface area contributed by atoms with Crippen molar-refractivity contribution in [3.63, 3.8) is 0 Å². The summed E-state index contributed by atoms with van der Waals surface area (Å²) in [6.45, 7) is 1.32. The standard InChI is InChI=1S/C14H18BrN5O3/c15-10-1-2-11(17-7-10)18-13(22)9-3-5-20(6-4-9)8-12(21)19-14(16)23/h1-2,7,9H,3-6,8H2,(H,17,18,22)(H3,16,19,21,23). The lowest BCUT2D eigenvalue weighted by Crippen LogP contribution is -2.45. The number of hydrogen-bond donors (Lipinski definition) is 3. The molecule has 8 nitrogen and oxygen atoms in total. The van der Waals surface area contributed by atoms with Crippen molar-refractivity contribution in [3.05, 3.63) is 22.8 Å². The van der Waals surface area contributed by atoms with Crippen LogP contribution in [0, 0.1) is 5.92 Å². The summed E-state index contributed by atoms with van der Waals surface area (Å²) in [6, 6.07) is 2.68. The molecule has 0 unspecified atom stereocenters. The number of imide groups is 1. The van der Waals surface area contributed by atoms with E-state index in [2.05, 4.69) is 26.2 Å². The highest BCUT2D eigenvalue weighted by molar-refractivity contribution is 9.10. The lowest BCUT2D eigenvalue weighted by Gasteiger charge is -2.30. The second kappa shape index (κ2) is 8.02. The van der Waals surface area contributed by atoms with Gasteiger partial charge in [0.1, 0.15) is 5.82 Å². The Morgan fingerprint density at radius 2 is 2.00 bits per heavy atom. The molecule has 0 spiro atoms. The Bertz CT molecular complexity index is 585. The first kappa shape index (κ1) is 17.4. The molecule has 0 aliphatic carbocycles. The third kappa shape index (κ3) is 5.61. The van der Waals surface area contributed by atoms with Crippen LogP contribution in [-0.2, 0) is 9.59 Å². The average molecular weight is 384 g/mol. The summed E-state index contributed by atoms with van der Waals surface area (Å²) < 4.78 is 0.845. The van der Waals surface area contributed by atoms with Gasteiger partial charge in [0.25, 0.3) is 0 Å². The van der Waals surface area contributed by atoms with E-state index in [0.717, 1.165) is 4.47 Å². The molecule has 4 amide bonds. The van der Waals surface area contributed by atoms with E-state index in [9.17, 15) is 14.4 Å². The summed E-state index contributed by atoms with van der Waals surface area (Å²) in [5.74, 6) is -0.0992. The molecule has 1 aromatic heterocycles. The summed E-state index contributed by atoms with van der Waals surface area (Å²) in [5, 5.41) is 4.82. The molecular weight excluding hydrogens is 366 g/mol. The molecule has 0 radical (unpaired) electrons. The predicted octanol–water partition coefficient (Wildman–Crippen LogP) is 0.689. The molecule has 0 bridgehead atoms. The summed E-state index contributed by atoms with van der Waals surface area (Å²) in [5.41, 5.74) is 4.89. The number of nitrogens with zero attached hydrogens (tertiary/aromatic N) is 2. The largest absolute Gasteiger partial charge is 0.351 e. The van der Waals surface area contributed by atoms with Gasteiger partial charge in [-0.15, -0.1) is 0 Å². The molecule has 124 valence electrons. The molecule has 1 fully saturated rings. The average Bonchev–Trinajstić information content (AvgIpc) is 2.49. The minimum absolute atomic E-state index is 0.0685. The minimum Gasteiger partial charge on any atom is -0.351 e. The van der Waals surface area contributed by atoms with Crippen LogP contribution in [0.25, 0.3) is 0 Å². The smallest absolute Gasteiger partial charge is 0.318 e. The summed E-state index contributed by atoms with van der Waals surface area (Å²) in [7, 11) is 0. The minimum atomic E-state index is -0.855. The van der Waals surface area contributed by atoms with Gasteiger partial charge in [0.05, 0.1) is 6.54 Å². The Morgan fingerprint density at radius 1 is 1.30 bits per heavy atom. The molecule has 1 saturated heterocycles. The number of pyridine rings is 1. The van der Waals surface area contributed by atoms with Crippen molar-refractivity contribution >= 4 is 39.6 Å². The van der Waals surface area contributed by atoms with Crippen molar-refractivity contribution in [1.29, 1.82) is 0 Å². The number of urea groups is 1. The fraction of sp³-hybridized carbons (Fsp3) is 0.429. The Balaban J connectivity index is 1.77. The Kier molecular flexibility index (Phi) is 6.05. The third-order valence-corrected chi connectivity index (χ3v) is 4.04. The van der Waals surface area contributed by atoms with E-state index < -0.39 is 11.9 Å². The van der Waals surface area contributed by atoms with E-state index in [1.54, 1.807) is 12.3 Å². The first-order valence-corrected chi connectivity index (χ1v) is 7.97. The Labute approximate surface area is 141 Å². The zero-order valence-electron chi connectivity index (χ0n) is 12.4. The Morgan fingerprint density at radius 3 is 2.57 bits per heavy atom. The van der Waals surface area contributed by atoms with Crippen LogP contribution in [0.1, 0.15) is 12.8 Å². The van der Waals surface area contributed by atoms with Crippen LogP contribution in [0.4, 0.5) is 10.6 Å². The summed E-state index contributed by atoms with van der Waals surface area (Å²) in [6.07, 6.45) is 2.91. The van der Waals surface area contributed by atoms with E-state index in [0.29, 0.717) is 31.7 Å². The van der Waals surface area contributed by atoms with Gasteiger partial charge in [0, 0.05) is 16.6 Å². The fourth-order valence-electron chi connectivity index (χ4n) is 2.41. The van der Waals surface area contributed by atoms with Crippen LogP contribution in [0.2, 0.25) is 0 Å². The summed E-state index contributed by atoms with van der Waals surface area (Å²) >= 11 is 3.29. The zero-order chi connectivity index (χ0) is 16.8. The topological polar surface area (TPSA) is 117 Å². The number of likely N-dealkylation sites (tertiary alicyclic amines) is 1. The quantitative estimate of drug-likeness (QED) is 0.706. The number of carbonyl (C=O) groups excluding carboxylic acids is 3. The molecule has 1 aliphatic heterocycles. The van der Waals surface area contributed by atoms with E-state index in [1.165, 1.54) is 0 Å². The maximum atomic E-state index is 12.2. The normalized spacial score (nSPS) is 15.9. The first-order chi connectivity index (χ1) is 10.9. The molecule has 0 atom stereocenters. The third-order valence-electron chi connectivity index (χ3n) is 3.57. The number of amides is 4. The number of rotatable bonds is 4. The molecule has 1 aliphatic rings. The van der Waals surface area contributed by atoms with Crippen molar-refractivity contribution in [1.82, 2.24) is 15.2 Å². The molecule has 1 aromatic rings. The fourth-order valence-corrected chi connectivity index (χ4v) is 2.65. The van der Waals surface area contributed by atoms with Crippen LogP contribution >= 0.6 is 15.9 Å². The van der Waals surface area contributed by atoms with Gasteiger partial charge in [-0.2, -0.15) is 0 Å². The van der Waals surface area contributed by atoms with E-state index in [1.807, 2.05) is 16.3 Å². The van der Waals surface area contributed by atoms with Gasteiger partial charge in [0.15, 0.2) is 0 Å². The zero-order valence-corrected chi connectivity index (χ0v) is 14.0. The maximum Gasteiger partial charge on any atom is 0.318 e. The van der Waals surface area contributed by atoms with Gasteiger partial charge < -0.3 is 11.1 Å². The van der Waals surface area contributed by atoms with Gasteiger partial charge in [-0.1, -0.05) is 0 Å². The second-order valence-corrected chi connectivity index (χ2v) is 6.23. The lowest BCUT2D eigenvalue weighted by atomic mass is 9.96. The number of nitrogens with one attached hydrogen (secondary N) is 2. The van der Waals surface area contributed by atoms with Crippen LogP contribution in [0.3, 0.4) is 0 Å². The molecular formula is C14H18BrN5O3. The van der Waals surface area contributed by atoms with Crippen molar-refractivity contribution in [2.45, 2.75) is 12.8 Å². The van der Waals surface area contributed by atoms with Crippen LogP contribution in [-0.4, -0.2) is 47.4 Å². The van der Waals surface area contributed by atoms with Gasteiger partial charge in [-0.25, -0.2) is 9.78 Å². The molecule has 0 aromatic carbocycles.